The van der Waals surface area contributed by atoms with Crippen LogP contribution in [-0.4, -0.2) is 16.8 Å². The summed E-state index contributed by atoms with van der Waals surface area (Å²) in [5, 5.41) is 7.49. The fourth-order valence-corrected chi connectivity index (χ4v) is 2.82. The molecule has 1 aromatic carbocycles. The number of benzene rings is 1. The summed E-state index contributed by atoms with van der Waals surface area (Å²) in [7, 11) is 0. The number of nitrogens with one attached hydrogen (secondary N) is 1. The van der Waals surface area contributed by atoms with Crippen molar-refractivity contribution in [3.63, 3.8) is 0 Å². The van der Waals surface area contributed by atoms with Crippen molar-refractivity contribution >= 4 is 46.7 Å². The molecule has 21 heavy (non-hydrogen) atoms. The van der Waals surface area contributed by atoms with Gasteiger partial charge in [-0.1, -0.05) is 34.4 Å². The number of amides is 1. The molecule has 7 heteroatoms. The second-order valence-electron chi connectivity index (χ2n) is 4.42. The molecule has 0 unspecified atom stereocenters. The number of nitrogens with zero attached hydrogens (tertiary/aromatic N) is 1. The molecule has 1 amide bonds. The van der Waals surface area contributed by atoms with Crippen molar-refractivity contribution in [3.8, 4) is 0 Å². The summed E-state index contributed by atoms with van der Waals surface area (Å²) >= 11 is 13.5. The third-order valence-electron chi connectivity index (χ3n) is 2.62. The summed E-state index contributed by atoms with van der Waals surface area (Å²) in [5.74, 6) is 2.53. The van der Waals surface area contributed by atoms with E-state index < -0.39 is 0 Å². The summed E-state index contributed by atoms with van der Waals surface area (Å²) in [4.78, 5) is 11.7. The Hall–Kier alpha value is -1.17. The van der Waals surface area contributed by atoms with Crippen LogP contribution >= 0.6 is 35.0 Å². The molecule has 4 nitrogen and oxygen atoms in total. The number of thioether (sulfide) groups is 1. The van der Waals surface area contributed by atoms with E-state index in [9.17, 15) is 4.79 Å². The van der Waals surface area contributed by atoms with Crippen molar-refractivity contribution in [1.82, 2.24) is 5.16 Å². The monoisotopic (exact) mass is 344 g/mol. The average molecular weight is 345 g/mol. The van der Waals surface area contributed by atoms with Gasteiger partial charge in [0.15, 0.2) is 5.82 Å². The van der Waals surface area contributed by atoms with E-state index >= 15 is 0 Å². The second kappa shape index (κ2) is 7.73. The smallest absolute Gasteiger partial charge is 0.226 e. The minimum absolute atomic E-state index is 0.0788. The summed E-state index contributed by atoms with van der Waals surface area (Å²) in [6, 6.07) is 7.23. The quantitative estimate of drug-likeness (QED) is 0.781. The third-order valence-corrected chi connectivity index (χ3v) is 4.39. The molecule has 112 valence electrons. The Bertz CT molecular complexity index is 631. The SMILES string of the molecule is Cc1cc(NC(=O)CCSCc2ccc(Cl)c(Cl)c2)no1. The molecule has 0 aliphatic carbocycles. The summed E-state index contributed by atoms with van der Waals surface area (Å²) in [5.41, 5.74) is 1.09. The summed E-state index contributed by atoms with van der Waals surface area (Å²) in [6.45, 7) is 1.77. The standard InChI is InChI=1S/C14H14Cl2N2O2S/c1-9-6-13(18-20-9)17-14(19)4-5-21-8-10-2-3-11(15)12(16)7-10/h2-3,6-7H,4-5,8H2,1H3,(H,17,18,19). The zero-order chi connectivity index (χ0) is 15.2. The van der Waals surface area contributed by atoms with Crippen LogP contribution in [0, 0.1) is 6.92 Å². The molecule has 0 fully saturated rings. The first-order valence-corrected chi connectivity index (χ1v) is 8.20. The van der Waals surface area contributed by atoms with Gasteiger partial charge in [0.05, 0.1) is 10.0 Å². The number of carbonyl (C=O) groups excluding carboxylic acids is 1. The van der Waals surface area contributed by atoms with Crippen LogP contribution in [0.3, 0.4) is 0 Å². The number of hydrogen-bond acceptors (Lipinski definition) is 4. The highest BCUT2D eigenvalue weighted by atomic mass is 35.5. The van der Waals surface area contributed by atoms with Crippen LogP contribution in [0.2, 0.25) is 10.0 Å². The Kier molecular flexibility index (Phi) is 5.96. The Balaban J connectivity index is 1.69. The van der Waals surface area contributed by atoms with Crippen LogP contribution in [0.25, 0.3) is 0 Å². The van der Waals surface area contributed by atoms with Crippen LogP contribution in [0.15, 0.2) is 28.8 Å². The lowest BCUT2D eigenvalue weighted by molar-refractivity contribution is -0.115. The van der Waals surface area contributed by atoms with E-state index in [2.05, 4.69) is 10.5 Å². The Morgan fingerprint density at radius 1 is 1.33 bits per heavy atom. The van der Waals surface area contributed by atoms with Crippen molar-refractivity contribution in [3.05, 3.63) is 45.6 Å². The number of aromatic nitrogens is 1. The Morgan fingerprint density at radius 2 is 2.14 bits per heavy atom. The first kappa shape index (κ1) is 16.2. The van der Waals surface area contributed by atoms with Crippen LogP contribution < -0.4 is 5.32 Å². The summed E-state index contributed by atoms with van der Waals surface area (Å²) in [6.07, 6.45) is 0.415. The van der Waals surface area contributed by atoms with E-state index in [1.54, 1.807) is 30.8 Å². The Labute approximate surface area is 137 Å². The lowest BCUT2D eigenvalue weighted by Crippen LogP contribution is -2.12. The molecule has 1 heterocycles. The van der Waals surface area contributed by atoms with Crippen molar-refractivity contribution in [2.45, 2.75) is 19.1 Å². The molecular weight excluding hydrogens is 331 g/mol. The van der Waals surface area contributed by atoms with Crippen LogP contribution in [0.4, 0.5) is 5.82 Å². The molecule has 0 saturated carbocycles. The number of aryl methyl sites for hydroxylation is 1. The molecule has 1 N–H and O–H groups in total. The maximum Gasteiger partial charge on any atom is 0.226 e. The highest BCUT2D eigenvalue weighted by Crippen LogP contribution is 2.24. The maximum absolute atomic E-state index is 11.7. The van der Waals surface area contributed by atoms with Crippen molar-refractivity contribution in [2.24, 2.45) is 0 Å². The zero-order valence-corrected chi connectivity index (χ0v) is 13.7. The number of halogens is 2. The molecule has 2 aromatic rings. The molecule has 0 spiro atoms. The fraction of sp³-hybridized carbons (Fsp3) is 0.286. The van der Waals surface area contributed by atoms with Crippen LogP contribution in [0.1, 0.15) is 17.7 Å². The van der Waals surface area contributed by atoms with E-state index in [1.807, 2.05) is 12.1 Å². The molecule has 0 atom stereocenters. The first-order chi connectivity index (χ1) is 10.0. The highest BCUT2D eigenvalue weighted by molar-refractivity contribution is 7.98. The Morgan fingerprint density at radius 3 is 2.81 bits per heavy atom. The van der Waals surface area contributed by atoms with E-state index in [-0.39, 0.29) is 5.91 Å². The van der Waals surface area contributed by atoms with Gasteiger partial charge in [0.2, 0.25) is 5.91 Å². The van der Waals surface area contributed by atoms with Gasteiger partial charge < -0.3 is 9.84 Å². The molecule has 2 rings (SSSR count). The minimum atomic E-state index is -0.0788. The predicted molar refractivity (Wildman–Crippen MR) is 87.1 cm³/mol. The van der Waals surface area contributed by atoms with E-state index in [4.69, 9.17) is 27.7 Å². The van der Waals surface area contributed by atoms with E-state index in [0.717, 1.165) is 11.3 Å². The lowest BCUT2D eigenvalue weighted by atomic mass is 10.2. The molecule has 0 bridgehead atoms. The van der Waals surface area contributed by atoms with Gasteiger partial charge in [-0.3, -0.25) is 4.79 Å². The molecular formula is C14H14Cl2N2O2S. The zero-order valence-electron chi connectivity index (χ0n) is 11.4. The lowest BCUT2D eigenvalue weighted by Gasteiger charge is -2.04. The average Bonchev–Trinajstić information content (AvgIpc) is 2.84. The second-order valence-corrected chi connectivity index (χ2v) is 6.34. The predicted octanol–water partition coefficient (Wildman–Crippen LogP) is 4.55. The third kappa shape index (κ3) is 5.26. The molecule has 0 radical (unpaired) electrons. The van der Waals surface area contributed by atoms with Gasteiger partial charge in [-0.15, -0.1) is 0 Å². The summed E-state index contributed by atoms with van der Waals surface area (Å²) < 4.78 is 4.88. The van der Waals surface area contributed by atoms with Crippen molar-refractivity contribution < 1.29 is 9.32 Å². The van der Waals surface area contributed by atoms with Gasteiger partial charge in [-0.2, -0.15) is 11.8 Å². The van der Waals surface area contributed by atoms with Gasteiger partial charge >= 0.3 is 0 Å². The molecule has 0 aliphatic rings. The maximum atomic E-state index is 11.7. The normalized spacial score (nSPS) is 10.6. The van der Waals surface area contributed by atoms with E-state index in [0.29, 0.717) is 33.8 Å². The molecule has 0 saturated heterocycles. The van der Waals surface area contributed by atoms with Gasteiger partial charge in [-0.25, -0.2) is 0 Å². The van der Waals surface area contributed by atoms with Gasteiger partial charge in [0.25, 0.3) is 0 Å². The van der Waals surface area contributed by atoms with Crippen molar-refractivity contribution in [2.75, 3.05) is 11.1 Å². The number of anilines is 1. The number of hydrogen-bond donors (Lipinski definition) is 1. The first-order valence-electron chi connectivity index (χ1n) is 6.29. The highest BCUT2D eigenvalue weighted by Gasteiger charge is 2.06. The van der Waals surface area contributed by atoms with Gasteiger partial charge in [0.1, 0.15) is 5.76 Å². The molecule has 0 aliphatic heterocycles. The van der Waals surface area contributed by atoms with Gasteiger partial charge in [0, 0.05) is 24.0 Å². The molecule has 1 aromatic heterocycles. The fourth-order valence-electron chi connectivity index (χ4n) is 1.61. The number of rotatable bonds is 6. The van der Waals surface area contributed by atoms with Crippen molar-refractivity contribution in [1.29, 1.82) is 0 Å². The topological polar surface area (TPSA) is 55.1 Å². The van der Waals surface area contributed by atoms with Crippen LogP contribution in [-0.2, 0) is 10.5 Å². The van der Waals surface area contributed by atoms with E-state index in [1.165, 1.54) is 0 Å². The minimum Gasteiger partial charge on any atom is -0.360 e. The van der Waals surface area contributed by atoms with Gasteiger partial charge in [-0.05, 0) is 24.6 Å². The number of carbonyl (C=O) groups is 1. The largest absolute Gasteiger partial charge is 0.360 e. The van der Waals surface area contributed by atoms with Crippen LogP contribution in [0.5, 0.6) is 0 Å².